The normalized spacial score (nSPS) is 21.3. The van der Waals surface area contributed by atoms with Gasteiger partial charge in [-0.2, -0.15) is 0 Å². The SMILES string of the molecule is CC(C)CC1CCN(c2ccc(C(=O)NC3CCC(=O)NC3=O)nc2)CC1. The van der Waals surface area contributed by atoms with Crippen molar-refractivity contribution in [1.82, 2.24) is 15.6 Å². The van der Waals surface area contributed by atoms with Crippen LogP contribution in [0.15, 0.2) is 18.3 Å². The first-order chi connectivity index (χ1) is 12.9. The first-order valence-electron chi connectivity index (χ1n) is 9.78. The van der Waals surface area contributed by atoms with E-state index >= 15 is 0 Å². The minimum atomic E-state index is -0.684. The fraction of sp³-hybridized carbons (Fsp3) is 0.600. The third-order valence-corrected chi connectivity index (χ3v) is 5.31. The lowest BCUT2D eigenvalue weighted by atomic mass is 9.88. The van der Waals surface area contributed by atoms with Gasteiger partial charge in [-0.25, -0.2) is 4.98 Å². The molecule has 3 rings (SSSR count). The van der Waals surface area contributed by atoms with E-state index in [0.717, 1.165) is 30.6 Å². The number of pyridine rings is 1. The average Bonchev–Trinajstić information content (AvgIpc) is 2.64. The number of nitrogens with zero attached hydrogens (tertiary/aromatic N) is 2. The second-order valence-electron chi connectivity index (χ2n) is 7.94. The predicted octanol–water partition coefficient (Wildman–Crippen LogP) is 1.88. The molecule has 0 aromatic carbocycles. The Morgan fingerprint density at radius 3 is 2.59 bits per heavy atom. The highest BCUT2D eigenvalue weighted by Gasteiger charge is 2.28. The molecule has 1 atom stereocenters. The van der Waals surface area contributed by atoms with E-state index in [1.165, 1.54) is 19.3 Å². The quantitative estimate of drug-likeness (QED) is 0.770. The number of carbonyl (C=O) groups is 3. The number of nitrogens with one attached hydrogen (secondary N) is 2. The van der Waals surface area contributed by atoms with Crippen molar-refractivity contribution in [1.29, 1.82) is 0 Å². The van der Waals surface area contributed by atoms with Crippen LogP contribution in [-0.2, 0) is 9.59 Å². The molecule has 0 radical (unpaired) electrons. The fourth-order valence-corrected chi connectivity index (χ4v) is 3.86. The zero-order chi connectivity index (χ0) is 19.4. The van der Waals surface area contributed by atoms with Crippen LogP contribution in [0.1, 0.15) is 56.4 Å². The van der Waals surface area contributed by atoms with Crippen molar-refractivity contribution in [3.05, 3.63) is 24.0 Å². The minimum Gasteiger partial charge on any atom is -0.370 e. The lowest BCUT2D eigenvalue weighted by Crippen LogP contribution is -2.52. The molecule has 1 aromatic rings. The molecule has 2 aliphatic heterocycles. The van der Waals surface area contributed by atoms with Gasteiger partial charge < -0.3 is 10.2 Å². The summed E-state index contributed by atoms with van der Waals surface area (Å²) in [5.74, 6) is 0.385. The number of carbonyl (C=O) groups excluding carboxylic acids is 3. The zero-order valence-corrected chi connectivity index (χ0v) is 16.0. The first kappa shape index (κ1) is 19.3. The molecule has 2 N–H and O–H groups in total. The molecule has 3 heterocycles. The molecule has 2 aliphatic rings. The van der Waals surface area contributed by atoms with Gasteiger partial charge >= 0.3 is 0 Å². The fourth-order valence-electron chi connectivity index (χ4n) is 3.86. The molecule has 3 amide bonds. The van der Waals surface area contributed by atoms with Crippen molar-refractivity contribution in [2.24, 2.45) is 11.8 Å². The van der Waals surface area contributed by atoms with Gasteiger partial charge in [-0.1, -0.05) is 13.8 Å². The lowest BCUT2D eigenvalue weighted by molar-refractivity contribution is -0.134. The number of aromatic nitrogens is 1. The van der Waals surface area contributed by atoms with Crippen LogP contribution in [0.3, 0.4) is 0 Å². The van der Waals surface area contributed by atoms with Gasteiger partial charge in [0.1, 0.15) is 11.7 Å². The van der Waals surface area contributed by atoms with Gasteiger partial charge in [0.2, 0.25) is 11.8 Å². The van der Waals surface area contributed by atoms with Crippen molar-refractivity contribution in [2.45, 2.75) is 52.0 Å². The molecule has 7 heteroatoms. The van der Waals surface area contributed by atoms with Crippen LogP contribution in [0, 0.1) is 11.8 Å². The molecule has 0 bridgehead atoms. The second kappa shape index (κ2) is 8.50. The number of amides is 3. The van der Waals surface area contributed by atoms with Crippen LogP contribution < -0.4 is 15.5 Å². The Morgan fingerprint density at radius 2 is 2.00 bits per heavy atom. The molecule has 0 aliphatic carbocycles. The Morgan fingerprint density at radius 1 is 1.26 bits per heavy atom. The molecule has 2 saturated heterocycles. The summed E-state index contributed by atoms with van der Waals surface area (Å²) in [5.41, 5.74) is 1.30. The summed E-state index contributed by atoms with van der Waals surface area (Å²) in [4.78, 5) is 41.8. The van der Waals surface area contributed by atoms with E-state index in [1.54, 1.807) is 12.3 Å². The Balaban J connectivity index is 1.53. The van der Waals surface area contributed by atoms with Crippen LogP contribution in [0.25, 0.3) is 0 Å². The average molecular weight is 372 g/mol. The van der Waals surface area contributed by atoms with Crippen LogP contribution in [0.5, 0.6) is 0 Å². The van der Waals surface area contributed by atoms with Crippen molar-refractivity contribution in [3.63, 3.8) is 0 Å². The summed E-state index contributed by atoms with van der Waals surface area (Å²) < 4.78 is 0. The molecular weight excluding hydrogens is 344 g/mol. The van der Waals surface area contributed by atoms with Crippen LogP contribution >= 0.6 is 0 Å². The molecule has 1 unspecified atom stereocenters. The zero-order valence-electron chi connectivity index (χ0n) is 16.0. The number of imide groups is 1. The monoisotopic (exact) mass is 372 g/mol. The minimum absolute atomic E-state index is 0.232. The lowest BCUT2D eigenvalue weighted by Gasteiger charge is -2.34. The van der Waals surface area contributed by atoms with E-state index in [-0.39, 0.29) is 18.0 Å². The summed E-state index contributed by atoms with van der Waals surface area (Å²) in [5, 5.41) is 4.88. The molecular formula is C20H28N4O3. The van der Waals surface area contributed by atoms with Gasteiger partial charge in [-0.15, -0.1) is 0 Å². The summed E-state index contributed by atoms with van der Waals surface area (Å²) in [6, 6.07) is 2.92. The number of anilines is 1. The number of rotatable bonds is 5. The van der Waals surface area contributed by atoms with Crippen molar-refractivity contribution >= 4 is 23.4 Å². The van der Waals surface area contributed by atoms with Gasteiger partial charge in [0, 0.05) is 19.5 Å². The largest absolute Gasteiger partial charge is 0.370 e. The highest BCUT2D eigenvalue weighted by molar-refractivity contribution is 6.03. The molecule has 146 valence electrons. The van der Waals surface area contributed by atoms with Crippen molar-refractivity contribution < 1.29 is 14.4 Å². The van der Waals surface area contributed by atoms with Crippen LogP contribution in [0.4, 0.5) is 5.69 Å². The maximum absolute atomic E-state index is 12.3. The van der Waals surface area contributed by atoms with Gasteiger partial charge in [-0.05, 0) is 49.7 Å². The summed E-state index contributed by atoms with van der Waals surface area (Å²) >= 11 is 0. The van der Waals surface area contributed by atoms with E-state index in [9.17, 15) is 14.4 Å². The smallest absolute Gasteiger partial charge is 0.270 e. The third kappa shape index (κ3) is 5.05. The van der Waals surface area contributed by atoms with Crippen molar-refractivity contribution in [2.75, 3.05) is 18.0 Å². The maximum Gasteiger partial charge on any atom is 0.270 e. The summed E-state index contributed by atoms with van der Waals surface area (Å²) in [7, 11) is 0. The molecule has 7 nitrogen and oxygen atoms in total. The van der Waals surface area contributed by atoms with E-state index in [0.29, 0.717) is 6.42 Å². The summed E-state index contributed by atoms with van der Waals surface area (Å²) in [6.07, 6.45) is 5.94. The van der Waals surface area contributed by atoms with Crippen LogP contribution in [-0.4, -0.2) is 41.8 Å². The Hall–Kier alpha value is -2.44. The third-order valence-electron chi connectivity index (χ3n) is 5.31. The van der Waals surface area contributed by atoms with Crippen LogP contribution in [0.2, 0.25) is 0 Å². The van der Waals surface area contributed by atoms with Crippen molar-refractivity contribution in [3.8, 4) is 0 Å². The highest BCUT2D eigenvalue weighted by atomic mass is 16.2. The molecule has 2 fully saturated rings. The molecule has 1 aromatic heterocycles. The molecule has 0 spiro atoms. The molecule has 27 heavy (non-hydrogen) atoms. The van der Waals surface area contributed by atoms with Gasteiger partial charge in [0.25, 0.3) is 5.91 Å². The second-order valence-corrected chi connectivity index (χ2v) is 7.94. The Labute approximate surface area is 159 Å². The number of hydrogen-bond donors (Lipinski definition) is 2. The maximum atomic E-state index is 12.3. The Kier molecular flexibility index (Phi) is 6.08. The molecule has 0 saturated carbocycles. The summed E-state index contributed by atoms with van der Waals surface area (Å²) in [6.45, 7) is 6.57. The predicted molar refractivity (Wildman–Crippen MR) is 102 cm³/mol. The van der Waals surface area contributed by atoms with Gasteiger partial charge in [0.05, 0.1) is 11.9 Å². The first-order valence-corrected chi connectivity index (χ1v) is 9.78. The van der Waals surface area contributed by atoms with E-state index in [2.05, 4.69) is 34.4 Å². The van der Waals surface area contributed by atoms with Gasteiger partial charge in [-0.3, -0.25) is 19.7 Å². The number of hydrogen-bond acceptors (Lipinski definition) is 5. The topological polar surface area (TPSA) is 91.4 Å². The number of piperidine rings is 2. The highest BCUT2D eigenvalue weighted by Crippen LogP contribution is 2.27. The van der Waals surface area contributed by atoms with E-state index in [4.69, 9.17) is 0 Å². The van der Waals surface area contributed by atoms with E-state index < -0.39 is 17.9 Å². The van der Waals surface area contributed by atoms with E-state index in [1.807, 2.05) is 6.07 Å². The van der Waals surface area contributed by atoms with Gasteiger partial charge in [0.15, 0.2) is 0 Å². The standard InChI is InChI=1S/C20H28N4O3/c1-13(2)11-14-7-9-24(10-8-14)15-3-4-16(21-12-15)19(26)22-17-5-6-18(25)23-20(17)27/h3-4,12-14,17H,5-11H2,1-2H3,(H,22,26)(H,23,25,27). The Bertz CT molecular complexity index is 694.